The smallest absolute Gasteiger partial charge is 0.310 e. The summed E-state index contributed by atoms with van der Waals surface area (Å²) in [7, 11) is 8.39. The minimum absolute atomic E-state index is 0.170. The quantitative estimate of drug-likeness (QED) is 0.589. The molecule has 0 spiro atoms. The summed E-state index contributed by atoms with van der Waals surface area (Å²) in [6, 6.07) is 5.06. The molecule has 0 saturated carbocycles. The molecule has 1 atom stereocenters. The summed E-state index contributed by atoms with van der Waals surface area (Å²) in [4.78, 5) is 28.6. The molecule has 0 fully saturated rings. The first-order valence-corrected chi connectivity index (χ1v) is 8.57. The van der Waals surface area contributed by atoms with Crippen molar-refractivity contribution in [3.8, 4) is 11.5 Å². The number of benzene rings is 1. The van der Waals surface area contributed by atoms with Gasteiger partial charge < -0.3 is 24.0 Å². The molecule has 0 heterocycles. The van der Waals surface area contributed by atoms with Crippen LogP contribution >= 0.6 is 0 Å². The van der Waals surface area contributed by atoms with Crippen LogP contribution in [0.2, 0.25) is 0 Å². The van der Waals surface area contributed by atoms with Gasteiger partial charge in [-0.2, -0.15) is 0 Å². The highest BCUT2D eigenvalue weighted by Gasteiger charge is 2.23. The highest BCUT2D eigenvalue weighted by atomic mass is 16.5. The number of ether oxygens (including phenoxy) is 3. The monoisotopic (exact) mass is 366 g/mol. The zero-order chi connectivity index (χ0) is 19.7. The Morgan fingerprint density at radius 2 is 1.58 bits per heavy atom. The fourth-order valence-corrected chi connectivity index (χ4v) is 2.57. The molecule has 7 nitrogen and oxygen atoms in total. The lowest BCUT2D eigenvalue weighted by atomic mass is 10.1. The summed E-state index contributed by atoms with van der Waals surface area (Å²) in [6.45, 7) is 3.43. The fraction of sp³-hybridized carbons (Fsp3) is 0.579. The highest BCUT2D eigenvalue weighted by Crippen LogP contribution is 2.24. The summed E-state index contributed by atoms with van der Waals surface area (Å²) < 4.78 is 15.3. The van der Waals surface area contributed by atoms with E-state index in [1.165, 1.54) is 21.3 Å². The molecule has 0 aromatic heterocycles. The van der Waals surface area contributed by atoms with E-state index in [1.807, 2.05) is 14.1 Å². The second kappa shape index (κ2) is 10.7. The number of carbonyl (C=O) groups excluding carboxylic acids is 2. The first kappa shape index (κ1) is 21.8. The van der Waals surface area contributed by atoms with E-state index in [4.69, 9.17) is 14.2 Å². The Labute approximate surface area is 155 Å². The van der Waals surface area contributed by atoms with Gasteiger partial charge in [-0.15, -0.1) is 0 Å². The topological polar surface area (TPSA) is 68.3 Å². The maximum absolute atomic E-state index is 13.1. The Kier molecular flexibility index (Phi) is 8.92. The van der Waals surface area contributed by atoms with Crippen LogP contribution in [0.15, 0.2) is 18.2 Å². The predicted octanol–water partition coefficient (Wildman–Crippen LogP) is 1.91. The van der Waals surface area contributed by atoms with Crippen LogP contribution in [-0.4, -0.2) is 76.7 Å². The van der Waals surface area contributed by atoms with Gasteiger partial charge in [-0.3, -0.25) is 9.59 Å². The van der Waals surface area contributed by atoms with Gasteiger partial charge in [0.15, 0.2) is 0 Å². The number of esters is 1. The Morgan fingerprint density at radius 1 is 1.00 bits per heavy atom. The number of hydrogen-bond acceptors (Lipinski definition) is 6. The molecule has 0 bridgehead atoms. The Balaban J connectivity index is 3.03. The normalized spacial score (nSPS) is 11.8. The third kappa shape index (κ3) is 6.55. The summed E-state index contributed by atoms with van der Waals surface area (Å²) in [5.41, 5.74) is 0.461. The van der Waals surface area contributed by atoms with E-state index in [9.17, 15) is 9.59 Å². The minimum atomic E-state index is -0.407. The molecule has 0 aliphatic carbocycles. The van der Waals surface area contributed by atoms with Crippen LogP contribution in [0.5, 0.6) is 11.5 Å². The van der Waals surface area contributed by atoms with Gasteiger partial charge >= 0.3 is 5.97 Å². The van der Waals surface area contributed by atoms with Gasteiger partial charge in [0.05, 0.1) is 27.2 Å². The van der Waals surface area contributed by atoms with Crippen molar-refractivity contribution >= 4 is 11.9 Å². The molecule has 0 aliphatic rings. The predicted molar refractivity (Wildman–Crippen MR) is 99.8 cm³/mol. The first-order chi connectivity index (χ1) is 12.3. The lowest BCUT2D eigenvalue weighted by Crippen LogP contribution is -2.38. The number of amides is 1. The van der Waals surface area contributed by atoms with Crippen LogP contribution in [0.25, 0.3) is 0 Å². The SMILES string of the molecule is COC(=O)C(C)CN(CCCN(C)C)C(=O)c1cc(OC)cc(OC)c1. The van der Waals surface area contributed by atoms with Crippen LogP contribution in [-0.2, 0) is 9.53 Å². The highest BCUT2D eigenvalue weighted by molar-refractivity contribution is 5.95. The standard InChI is InChI=1S/C19H30N2O5/c1-14(19(23)26-6)13-21(9-7-8-20(2)3)18(22)15-10-16(24-4)12-17(11-15)25-5/h10-12,14H,7-9,13H2,1-6H3. The average Bonchev–Trinajstić information content (AvgIpc) is 2.64. The van der Waals surface area contributed by atoms with Gasteiger partial charge in [-0.1, -0.05) is 6.92 Å². The molecular formula is C19H30N2O5. The van der Waals surface area contributed by atoms with Crippen LogP contribution in [0.1, 0.15) is 23.7 Å². The first-order valence-electron chi connectivity index (χ1n) is 8.57. The molecule has 1 aromatic rings. The van der Waals surface area contributed by atoms with Gasteiger partial charge in [0.2, 0.25) is 0 Å². The largest absolute Gasteiger partial charge is 0.497 e. The molecule has 0 aliphatic heterocycles. The van der Waals surface area contributed by atoms with E-state index < -0.39 is 5.92 Å². The van der Waals surface area contributed by atoms with Gasteiger partial charge in [0.25, 0.3) is 5.91 Å². The fourth-order valence-electron chi connectivity index (χ4n) is 2.57. The van der Waals surface area contributed by atoms with Crippen molar-refractivity contribution in [1.82, 2.24) is 9.80 Å². The van der Waals surface area contributed by atoms with E-state index in [1.54, 1.807) is 30.0 Å². The Morgan fingerprint density at radius 3 is 2.04 bits per heavy atom. The number of methoxy groups -OCH3 is 3. The van der Waals surface area contributed by atoms with Crippen LogP contribution in [0.3, 0.4) is 0 Å². The summed E-state index contributed by atoms with van der Waals surface area (Å²) in [6.07, 6.45) is 0.799. The molecule has 1 amide bonds. The van der Waals surface area contributed by atoms with Crippen LogP contribution in [0, 0.1) is 5.92 Å². The zero-order valence-electron chi connectivity index (χ0n) is 16.6. The van der Waals surface area contributed by atoms with Crippen molar-refractivity contribution < 1.29 is 23.8 Å². The molecule has 146 valence electrons. The Bertz CT molecular complexity index is 581. The van der Waals surface area contributed by atoms with Crippen molar-refractivity contribution in [2.45, 2.75) is 13.3 Å². The third-order valence-electron chi connectivity index (χ3n) is 4.02. The van der Waals surface area contributed by atoms with E-state index in [0.717, 1.165) is 13.0 Å². The van der Waals surface area contributed by atoms with E-state index >= 15 is 0 Å². The third-order valence-corrected chi connectivity index (χ3v) is 4.02. The zero-order valence-corrected chi connectivity index (χ0v) is 16.6. The molecule has 7 heteroatoms. The van der Waals surface area contributed by atoms with Crippen molar-refractivity contribution in [3.05, 3.63) is 23.8 Å². The van der Waals surface area contributed by atoms with Crippen molar-refractivity contribution in [2.24, 2.45) is 5.92 Å². The molecule has 1 unspecified atom stereocenters. The molecule has 1 aromatic carbocycles. The molecule has 26 heavy (non-hydrogen) atoms. The van der Waals surface area contributed by atoms with Gasteiger partial charge in [-0.25, -0.2) is 0 Å². The lowest BCUT2D eigenvalue weighted by Gasteiger charge is -2.26. The number of hydrogen-bond donors (Lipinski definition) is 0. The van der Waals surface area contributed by atoms with Crippen LogP contribution in [0.4, 0.5) is 0 Å². The summed E-state index contributed by atoms with van der Waals surface area (Å²) >= 11 is 0. The number of nitrogens with zero attached hydrogens (tertiary/aromatic N) is 2. The van der Waals surface area contributed by atoms with E-state index in [2.05, 4.69) is 4.90 Å². The van der Waals surface area contributed by atoms with Gasteiger partial charge in [-0.05, 0) is 39.2 Å². The summed E-state index contributed by atoms with van der Waals surface area (Å²) in [5.74, 6) is 0.176. The van der Waals surface area contributed by atoms with Crippen molar-refractivity contribution in [2.75, 3.05) is 55.1 Å². The number of rotatable bonds is 10. The second-order valence-corrected chi connectivity index (χ2v) is 6.43. The molecule has 0 radical (unpaired) electrons. The molecular weight excluding hydrogens is 336 g/mol. The maximum atomic E-state index is 13.1. The molecule has 1 rings (SSSR count). The van der Waals surface area contributed by atoms with E-state index in [0.29, 0.717) is 30.2 Å². The lowest BCUT2D eigenvalue weighted by molar-refractivity contribution is -0.145. The Hall–Kier alpha value is -2.28. The summed E-state index contributed by atoms with van der Waals surface area (Å²) in [5, 5.41) is 0. The van der Waals surface area contributed by atoms with E-state index in [-0.39, 0.29) is 11.9 Å². The van der Waals surface area contributed by atoms with Crippen molar-refractivity contribution in [1.29, 1.82) is 0 Å². The molecule has 0 N–H and O–H groups in total. The minimum Gasteiger partial charge on any atom is -0.497 e. The molecule has 0 saturated heterocycles. The number of carbonyl (C=O) groups is 2. The average molecular weight is 366 g/mol. The van der Waals surface area contributed by atoms with Crippen molar-refractivity contribution in [3.63, 3.8) is 0 Å². The van der Waals surface area contributed by atoms with Gasteiger partial charge in [0.1, 0.15) is 11.5 Å². The second-order valence-electron chi connectivity index (χ2n) is 6.43. The van der Waals surface area contributed by atoms with Crippen LogP contribution < -0.4 is 9.47 Å². The van der Waals surface area contributed by atoms with Gasteiger partial charge in [0, 0.05) is 24.7 Å². The maximum Gasteiger partial charge on any atom is 0.310 e.